The molecular weight excluding hydrogens is 234 g/mol. The molecular formula is C17H33NO. The van der Waals surface area contributed by atoms with Crippen LogP contribution < -0.4 is 5.32 Å². The van der Waals surface area contributed by atoms with E-state index in [0.717, 1.165) is 25.0 Å². The average Bonchev–Trinajstić information content (AvgIpc) is 2.48. The summed E-state index contributed by atoms with van der Waals surface area (Å²) in [5.41, 5.74) is 0. The minimum Gasteiger partial charge on any atom is -0.378 e. The van der Waals surface area contributed by atoms with Gasteiger partial charge in [-0.1, -0.05) is 39.5 Å². The van der Waals surface area contributed by atoms with Crippen LogP contribution in [0.4, 0.5) is 0 Å². The van der Waals surface area contributed by atoms with Crippen molar-refractivity contribution >= 4 is 0 Å². The van der Waals surface area contributed by atoms with Crippen molar-refractivity contribution in [3.8, 4) is 0 Å². The number of hydrogen-bond donors (Lipinski definition) is 1. The van der Waals surface area contributed by atoms with E-state index < -0.39 is 0 Å². The predicted molar refractivity (Wildman–Crippen MR) is 81.4 cm³/mol. The van der Waals surface area contributed by atoms with Crippen LogP contribution >= 0.6 is 0 Å². The summed E-state index contributed by atoms with van der Waals surface area (Å²) in [6.45, 7) is 6.72. The van der Waals surface area contributed by atoms with E-state index in [2.05, 4.69) is 19.2 Å². The molecule has 0 amide bonds. The Kier molecular flexibility index (Phi) is 6.66. The lowest BCUT2D eigenvalue weighted by molar-refractivity contribution is -0.00379. The Balaban J connectivity index is 1.92. The van der Waals surface area contributed by atoms with Gasteiger partial charge in [0, 0.05) is 12.6 Å². The van der Waals surface area contributed by atoms with Gasteiger partial charge < -0.3 is 10.1 Å². The first-order chi connectivity index (χ1) is 9.35. The highest BCUT2D eigenvalue weighted by atomic mass is 16.5. The van der Waals surface area contributed by atoms with E-state index in [4.69, 9.17) is 4.74 Å². The monoisotopic (exact) mass is 267 g/mol. The van der Waals surface area contributed by atoms with Crippen molar-refractivity contribution in [1.29, 1.82) is 0 Å². The van der Waals surface area contributed by atoms with Crippen molar-refractivity contribution < 1.29 is 4.74 Å². The Labute approximate surface area is 119 Å². The SMILES string of the molecule is CCNC(CC1CCCCO1)C1CCCCC1CC. The second-order valence-corrected chi connectivity index (χ2v) is 6.51. The van der Waals surface area contributed by atoms with Gasteiger partial charge in [0.15, 0.2) is 0 Å². The summed E-state index contributed by atoms with van der Waals surface area (Å²) in [5, 5.41) is 3.78. The molecule has 1 saturated carbocycles. The lowest BCUT2D eigenvalue weighted by atomic mass is 9.72. The molecule has 4 atom stereocenters. The molecule has 1 aliphatic carbocycles. The number of nitrogens with one attached hydrogen (secondary N) is 1. The summed E-state index contributed by atoms with van der Waals surface area (Å²) >= 11 is 0. The molecule has 2 fully saturated rings. The Morgan fingerprint density at radius 3 is 2.53 bits per heavy atom. The van der Waals surface area contributed by atoms with Crippen LogP contribution in [0.25, 0.3) is 0 Å². The van der Waals surface area contributed by atoms with E-state index in [9.17, 15) is 0 Å². The molecule has 2 rings (SSSR count). The quantitative estimate of drug-likeness (QED) is 0.781. The van der Waals surface area contributed by atoms with Gasteiger partial charge in [0.2, 0.25) is 0 Å². The zero-order chi connectivity index (χ0) is 13.5. The van der Waals surface area contributed by atoms with Crippen molar-refractivity contribution in [2.45, 2.75) is 83.8 Å². The molecule has 1 heterocycles. The molecule has 1 saturated heterocycles. The fraction of sp³-hybridized carbons (Fsp3) is 1.00. The molecule has 0 spiro atoms. The molecule has 1 aliphatic heterocycles. The normalized spacial score (nSPS) is 34.1. The molecule has 0 aromatic rings. The van der Waals surface area contributed by atoms with Crippen LogP contribution in [0.5, 0.6) is 0 Å². The van der Waals surface area contributed by atoms with E-state index in [1.54, 1.807) is 0 Å². The van der Waals surface area contributed by atoms with E-state index in [0.29, 0.717) is 12.1 Å². The second kappa shape index (κ2) is 8.26. The fourth-order valence-electron chi connectivity index (χ4n) is 4.22. The molecule has 1 N–H and O–H groups in total. The van der Waals surface area contributed by atoms with Gasteiger partial charge in [-0.15, -0.1) is 0 Å². The van der Waals surface area contributed by atoms with Crippen LogP contribution in [0.15, 0.2) is 0 Å². The summed E-state index contributed by atoms with van der Waals surface area (Å²) in [6, 6.07) is 0.693. The minimum absolute atomic E-state index is 0.525. The molecule has 0 aromatic heterocycles. The lowest BCUT2D eigenvalue weighted by Gasteiger charge is -2.39. The van der Waals surface area contributed by atoms with E-state index in [-0.39, 0.29) is 0 Å². The van der Waals surface area contributed by atoms with Crippen molar-refractivity contribution in [3.05, 3.63) is 0 Å². The van der Waals surface area contributed by atoms with E-state index in [1.165, 1.54) is 57.8 Å². The predicted octanol–water partition coefficient (Wildman–Crippen LogP) is 4.14. The van der Waals surface area contributed by atoms with Crippen LogP contribution in [0.3, 0.4) is 0 Å². The van der Waals surface area contributed by atoms with Crippen LogP contribution in [-0.2, 0) is 4.74 Å². The Morgan fingerprint density at radius 2 is 1.84 bits per heavy atom. The highest BCUT2D eigenvalue weighted by molar-refractivity contribution is 4.86. The van der Waals surface area contributed by atoms with Gasteiger partial charge in [0.05, 0.1) is 6.10 Å². The smallest absolute Gasteiger partial charge is 0.0590 e. The summed E-state index contributed by atoms with van der Waals surface area (Å²) in [5.74, 6) is 1.84. The lowest BCUT2D eigenvalue weighted by Crippen LogP contribution is -2.44. The first-order valence-corrected chi connectivity index (χ1v) is 8.70. The highest BCUT2D eigenvalue weighted by Crippen LogP contribution is 2.36. The molecule has 112 valence electrons. The molecule has 0 radical (unpaired) electrons. The zero-order valence-corrected chi connectivity index (χ0v) is 13.0. The standard InChI is InChI=1S/C17H33NO/c1-3-14-9-5-6-11-16(14)17(18-4-2)13-15-10-7-8-12-19-15/h14-18H,3-13H2,1-2H3. The van der Waals surface area contributed by atoms with Crippen molar-refractivity contribution in [1.82, 2.24) is 5.32 Å². The largest absolute Gasteiger partial charge is 0.378 e. The zero-order valence-electron chi connectivity index (χ0n) is 13.0. The number of ether oxygens (including phenoxy) is 1. The van der Waals surface area contributed by atoms with Crippen LogP contribution in [0.2, 0.25) is 0 Å². The molecule has 2 aliphatic rings. The Bertz CT molecular complexity index is 237. The van der Waals surface area contributed by atoms with E-state index in [1.807, 2.05) is 0 Å². The second-order valence-electron chi connectivity index (χ2n) is 6.51. The number of hydrogen-bond acceptors (Lipinski definition) is 2. The first-order valence-electron chi connectivity index (χ1n) is 8.70. The molecule has 2 heteroatoms. The summed E-state index contributed by atoms with van der Waals surface area (Å²) < 4.78 is 5.97. The topological polar surface area (TPSA) is 21.3 Å². The van der Waals surface area contributed by atoms with Gasteiger partial charge >= 0.3 is 0 Å². The van der Waals surface area contributed by atoms with Gasteiger partial charge in [-0.2, -0.15) is 0 Å². The average molecular weight is 267 g/mol. The third kappa shape index (κ3) is 4.46. The van der Waals surface area contributed by atoms with Gasteiger partial charge in [0.25, 0.3) is 0 Å². The molecule has 4 unspecified atom stereocenters. The van der Waals surface area contributed by atoms with E-state index >= 15 is 0 Å². The van der Waals surface area contributed by atoms with Gasteiger partial charge in [-0.25, -0.2) is 0 Å². The molecule has 2 nitrogen and oxygen atoms in total. The van der Waals surface area contributed by atoms with Gasteiger partial charge in [-0.3, -0.25) is 0 Å². The van der Waals surface area contributed by atoms with Crippen molar-refractivity contribution in [2.75, 3.05) is 13.2 Å². The molecule has 19 heavy (non-hydrogen) atoms. The van der Waals surface area contributed by atoms with Crippen LogP contribution in [-0.4, -0.2) is 25.3 Å². The summed E-state index contributed by atoms with van der Waals surface area (Å²) in [4.78, 5) is 0. The van der Waals surface area contributed by atoms with Crippen molar-refractivity contribution in [2.24, 2.45) is 11.8 Å². The summed E-state index contributed by atoms with van der Waals surface area (Å²) in [6.07, 6.45) is 12.8. The maximum Gasteiger partial charge on any atom is 0.0590 e. The summed E-state index contributed by atoms with van der Waals surface area (Å²) in [7, 11) is 0. The Hall–Kier alpha value is -0.0800. The maximum atomic E-state index is 5.97. The van der Waals surface area contributed by atoms with Gasteiger partial charge in [0.1, 0.15) is 0 Å². The van der Waals surface area contributed by atoms with Crippen LogP contribution in [0, 0.1) is 11.8 Å². The van der Waals surface area contributed by atoms with Crippen LogP contribution in [0.1, 0.15) is 71.6 Å². The third-order valence-corrected chi connectivity index (χ3v) is 5.27. The minimum atomic E-state index is 0.525. The molecule has 0 aromatic carbocycles. The highest BCUT2D eigenvalue weighted by Gasteiger charge is 2.32. The van der Waals surface area contributed by atoms with Crippen molar-refractivity contribution in [3.63, 3.8) is 0 Å². The number of rotatable bonds is 6. The first kappa shape index (κ1) is 15.3. The molecule has 0 bridgehead atoms. The Morgan fingerprint density at radius 1 is 1.05 bits per heavy atom. The maximum absolute atomic E-state index is 5.97. The van der Waals surface area contributed by atoms with Gasteiger partial charge in [-0.05, 0) is 50.5 Å². The fourth-order valence-corrected chi connectivity index (χ4v) is 4.22. The third-order valence-electron chi connectivity index (χ3n) is 5.27.